The summed E-state index contributed by atoms with van der Waals surface area (Å²) < 4.78 is 42.2. The van der Waals surface area contributed by atoms with Crippen LogP contribution in [0, 0.1) is 5.82 Å². The van der Waals surface area contributed by atoms with Crippen molar-refractivity contribution in [2.75, 3.05) is 5.32 Å². The average Bonchev–Trinajstić information content (AvgIpc) is 2.70. The first-order valence-electron chi connectivity index (χ1n) is 8.70. The lowest BCUT2D eigenvalue weighted by Gasteiger charge is -2.15. The van der Waals surface area contributed by atoms with Crippen LogP contribution in [0.1, 0.15) is 28.9 Å². The van der Waals surface area contributed by atoms with Gasteiger partial charge in [0.15, 0.2) is 0 Å². The van der Waals surface area contributed by atoms with Crippen molar-refractivity contribution in [3.63, 3.8) is 0 Å². The molecular formula is C21H18ClFN2O3S. The van der Waals surface area contributed by atoms with Gasteiger partial charge in [-0.15, -0.1) is 0 Å². The Morgan fingerprint density at radius 3 is 2.31 bits per heavy atom. The molecule has 0 radical (unpaired) electrons. The van der Waals surface area contributed by atoms with Gasteiger partial charge in [0, 0.05) is 6.04 Å². The van der Waals surface area contributed by atoms with Crippen LogP contribution in [-0.4, -0.2) is 14.3 Å². The molecule has 8 heteroatoms. The minimum absolute atomic E-state index is 0.148. The van der Waals surface area contributed by atoms with Crippen molar-refractivity contribution >= 4 is 33.2 Å². The van der Waals surface area contributed by atoms with Gasteiger partial charge in [0.1, 0.15) is 5.82 Å². The fourth-order valence-electron chi connectivity index (χ4n) is 2.71. The summed E-state index contributed by atoms with van der Waals surface area (Å²) in [7, 11) is -3.96. The molecule has 1 unspecified atom stereocenters. The van der Waals surface area contributed by atoms with Gasteiger partial charge in [0.05, 0.1) is 21.2 Å². The van der Waals surface area contributed by atoms with Gasteiger partial charge < -0.3 is 5.32 Å². The monoisotopic (exact) mass is 432 g/mol. The zero-order valence-corrected chi connectivity index (χ0v) is 17.0. The predicted octanol–water partition coefficient (Wildman–Crippen LogP) is 4.77. The number of halogens is 2. The number of hydrogen-bond donors (Lipinski definition) is 2. The van der Waals surface area contributed by atoms with Crippen molar-refractivity contribution in [3.05, 3.63) is 94.8 Å². The number of sulfonamides is 1. The van der Waals surface area contributed by atoms with Crippen LogP contribution >= 0.6 is 11.6 Å². The molecule has 1 atom stereocenters. The standard InChI is InChI=1S/C21H18ClFN2O3S/c1-14(15-7-3-2-4-8-15)25-29(27,28)16-11-12-20(19(23)13-16)24-21(26)17-9-5-6-10-18(17)22/h2-14,25H,1H3,(H,24,26). The maximum Gasteiger partial charge on any atom is 0.257 e. The molecular weight excluding hydrogens is 415 g/mol. The van der Waals surface area contributed by atoms with Gasteiger partial charge >= 0.3 is 0 Å². The van der Waals surface area contributed by atoms with E-state index in [-0.39, 0.29) is 21.2 Å². The number of amides is 1. The highest BCUT2D eigenvalue weighted by molar-refractivity contribution is 7.89. The first kappa shape index (κ1) is 21.0. The number of benzene rings is 3. The Hall–Kier alpha value is -2.74. The second kappa shape index (κ2) is 8.73. The smallest absolute Gasteiger partial charge is 0.257 e. The lowest BCUT2D eigenvalue weighted by Crippen LogP contribution is -2.27. The predicted molar refractivity (Wildman–Crippen MR) is 111 cm³/mol. The molecule has 0 fully saturated rings. The number of hydrogen-bond acceptors (Lipinski definition) is 3. The van der Waals surface area contributed by atoms with Crippen LogP contribution in [0.25, 0.3) is 0 Å². The highest BCUT2D eigenvalue weighted by Gasteiger charge is 2.20. The summed E-state index contributed by atoms with van der Waals surface area (Å²) in [5, 5.41) is 2.62. The molecule has 0 bridgehead atoms. The summed E-state index contributed by atoms with van der Waals surface area (Å²) in [5.41, 5.74) is 0.814. The maximum atomic E-state index is 14.5. The van der Waals surface area contributed by atoms with Crippen molar-refractivity contribution in [2.45, 2.75) is 17.9 Å². The summed E-state index contributed by atoms with van der Waals surface area (Å²) in [6.07, 6.45) is 0. The maximum absolute atomic E-state index is 14.5. The molecule has 2 N–H and O–H groups in total. The van der Waals surface area contributed by atoms with Crippen LogP contribution in [0.2, 0.25) is 5.02 Å². The van der Waals surface area contributed by atoms with Crippen LogP contribution in [0.5, 0.6) is 0 Å². The van der Waals surface area contributed by atoms with Crippen molar-refractivity contribution in [2.24, 2.45) is 0 Å². The van der Waals surface area contributed by atoms with E-state index in [4.69, 9.17) is 11.6 Å². The molecule has 3 rings (SSSR count). The van der Waals surface area contributed by atoms with E-state index in [1.165, 1.54) is 18.2 Å². The van der Waals surface area contributed by atoms with E-state index in [9.17, 15) is 17.6 Å². The molecule has 3 aromatic carbocycles. The number of nitrogens with one attached hydrogen (secondary N) is 2. The number of carbonyl (C=O) groups excluding carboxylic acids is 1. The Labute approximate surface area is 173 Å². The Bertz CT molecular complexity index is 1140. The number of rotatable bonds is 6. The summed E-state index contributed by atoms with van der Waals surface area (Å²) in [6, 6.07) is 18.2. The molecule has 3 aromatic rings. The molecule has 150 valence electrons. The number of anilines is 1. The topological polar surface area (TPSA) is 75.3 Å². The SMILES string of the molecule is CC(NS(=O)(=O)c1ccc(NC(=O)c2ccccc2Cl)c(F)c1)c1ccccc1. The summed E-state index contributed by atoms with van der Waals surface area (Å²) in [4.78, 5) is 12.0. The molecule has 0 aliphatic rings. The zero-order valence-electron chi connectivity index (χ0n) is 15.4. The van der Waals surface area contributed by atoms with Crippen molar-refractivity contribution in [1.82, 2.24) is 4.72 Å². The molecule has 29 heavy (non-hydrogen) atoms. The highest BCUT2D eigenvalue weighted by Crippen LogP contribution is 2.23. The van der Waals surface area contributed by atoms with Crippen molar-refractivity contribution < 1.29 is 17.6 Å². The lowest BCUT2D eigenvalue weighted by molar-refractivity contribution is 0.102. The Balaban J connectivity index is 1.78. The third kappa shape index (κ3) is 5.00. The Kier molecular flexibility index (Phi) is 6.32. The summed E-state index contributed by atoms with van der Waals surface area (Å²) in [5.74, 6) is -1.47. The van der Waals surface area contributed by atoms with E-state index in [1.807, 2.05) is 6.07 Å². The van der Waals surface area contributed by atoms with Crippen LogP contribution in [0.3, 0.4) is 0 Å². The molecule has 0 heterocycles. The van der Waals surface area contributed by atoms with Crippen LogP contribution in [0.4, 0.5) is 10.1 Å². The molecule has 0 saturated carbocycles. The van der Waals surface area contributed by atoms with Crippen LogP contribution in [-0.2, 0) is 10.0 Å². The van der Waals surface area contributed by atoms with Gasteiger partial charge in [0.2, 0.25) is 10.0 Å². The minimum atomic E-state index is -3.96. The Morgan fingerprint density at radius 1 is 1.00 bits per heavy atom. The fourth-order valence-corrected chi connectivity index (χ4v) is 4.17. The van der Waals surface area contributed by atoms with Crippen LogP contribution in [0.15, 0.2) is 77.7 Å². The van der Waals surface area contributed by atoms with Gasteiger partial charge in [-0.1, -0.05) is 54.1 Å². The van der Waals surface area contributed by atoms with Gasteiger partial charge in [-0.2, -0.15) is 0 Å². The van der Waals surface area contributed by atoms with Crippen molar-refractivity contribution in [3.8, 4) is 0 Å². The highest BCUT2D eigenvalue weighted by atomic mass is 35.5. The van der Waals surface area contributed by atoms with Gasteiger partial charge in [-0.05, 0) is 42.8 Å². The molecule has 0 saturated heterocycles. The normalized spacial score (nSPS) is 12.4. The van der Waals surface area contributed by atoms with Gasteiger partial charge in [0.25, 0.3) is 5.91 Å². The molecule has 5 nitrogen and oxygen atoms in total. The largest absolute Gasteiger partial charge is 0.319 e. The van der Waals surface area contributed by atoms with E-state index in [0.29, 0.717) is 0 Å². The van der Waals surface area contributed by atoms with E-state index in [2.05, 4.69) is 10.0 Å². The molecule has 0 aromatic heterocycles. The first-order chi connectivity index (χ1) is 13.8. The van der Waals surface area contributed by atoms with E-state index in [0.717, 1.165) is 11.6 Å². The molecule has 0 aliphatic heterocycles. The van der Waals surface area contributed by atoms with Gasteiger partial charge in [-0.25, -0.2) is 17.5 Å². The molecule has 1 amide bonds. The van der Waals surface area contributed by atoms with E-state index in [1.54, 1.807) is 49.4 Å². The lowest BCUT2D eigenvalue weighted by atomic mass is 10.1. The summed E-state index contributed by atoms with van der Waals surface area (Å²) >= 11 is 5.97. The minimum Gasteiger partial charge on any atom is -0.319 e. The van der Waals surface area contributed by atoms with Crippen molar-refractivity contribution in [1.29, 1.82) is 0 Å². The van der Waals surface area contributed by atoms with E-state index < -0.39 is 27.8 Å². The molecule has 0 aliphatic carbocycles. The summed E-state index contributed by atoms with van der Waals surface area (Å²) in [6.45, 7) is 1.70. The third-order valence-corrected chi connectivity index (χ3v) is 6.12. The average molecular weight is 433 g/mol. The third-order valence-electron chi connectivity index (χ3n) is 4.25. The second-order valence-electron chi connectivity index (χ2n) is 6.33. The quantitative estimate of drug-likeness (QED) is 0.589. The van der Waals surface area contributed by atoms with Gasteiger partial charge in [-0.3, -0.25) is 4.79 Å². The zero-order chi connectivity index (χ0) is 21.0. The first-order valence-corrected chi connectivity index (χ1v) is 10.6. The van der Waals surface area contributed by atoms with E-state index >= 15 is 0 Å². The fraction of sp³-hybridized carbons (Fsp3) is 0.0952. The second-order valence-corrected chi connectivity index (χ2v) is 8.45. The molecule has 0 spiro atoms. The number of carbonyl (C=O) groups is 1. The Morgan fingerprint density at radius 2 is 1.66 bits per heavy atom. The van der Waals surface area contributed by atoms with Crippen LogP contribution < -0.4 is 10.0 Å².